The Balaban J connectivity index is 0.000001000. The van der Waals surface area contributed by atoms with E-state index in [0.29, 0.717) is 11.7 Å². The van der Waals surface area contributed by atoms with Crippen molar-refractivity contribution >= 4 is 18.2 Å². The van der Waals surface area contributed by atoms with Crippen LogP contribution in [-0.4, -0.2) is 18.9 Å². The van der Waals surface area contributed by atoms with Gasteiger partial charge in [0.05, 0.1) is 0 Å². The number of carbonyl (C=O) groups is 1. The molecule has 0 aromatic rings. The number of carbonyl (C=O) groups excluding carboxylic acids is 1. The lowest BCUT2D eigenvalue weighted by molar-refractivity contribution is -0.124. The zero-order valence-electron chi connectivity index (χ0n) is 6.93. The van der Waals surface area contributed by atoms with Crippen LogP contribution < -0.4 is 5.32 Å². The van der Waals surface area contributed by atoms with Crippen LogP contribution in [0.5, 0.6) is 0 Å². The molecule has 0 bridgehead atoms. The smallest absolute Gasteiger partial charge is 0.138 e. The van der Waals surface area contributed by atoms with Gasteiger partial charge in [0.25, 0.3) is 0 Å². The molecule has 1 aliphatic heterocycles. The molecule has 0 radical (unpaired) electrons. The lowest BCUT2D eigenvalue weighted by Crippen LogP contribution is -2.36. The van der Waals surface area contributed by atoms with E-state index in [0.717, 1.165) is 32.4 Å². The van der Waals surface area contributed by atoms with Gasteiger partial charge < -0.3 is 5.32 Å². The summed E-state index contributed by atoms with van der Waals surface area (Å²) in [6, 6.07) is 0. The lowest BCUT2D eigenvalue weighted by Gasteiger charge is -2.20. The molecule has 1 unspecified atom stereocenters. The minimum Gasteiger partial charge on any atom is -0.316 e. The van der Waals surface area contributed by atoms with Gasteiger partial charge in [0.1, 0.15) is 5.78 Å². The van der Waals surface area contributed by atoms with Crippen LogP contribution in [0.25, 0.3) is 0 Å². The number of ketones is 1. The van der Waals surface area contributed by atoms with Crippen molar-refractivity contribution in [3.05, 3.63) is 0 Å². The summed E-state index contributed by atoms with van der Waals surface area (Å²) in [5.74, 6) is 0.777. The van der Waals surface area contributed by atoms with Crippen molar-refractivity contribution in [3.63, 3.8) is 0 Å². The number of piperidine rings is 1. The molecular weight excluding hydrogens is 162 g/mol. The quantitative estimate of drug-likeness (QED) is 0.691. The fourth-order valence-corrected chi connectivity index (χ4v) is 1.42. The van der Waals surface area contributed by atoms with Gasteiger partial charge in [-0.25, -0.2) is 0 Å². The number of halogens is 1. The molecule has 3 heteroatoms. The maximum absolute atomic E-state index is 11.1. The van der Waals surface area contributed by atoms with Crippen LogP contribution in [0.1, 0.15) is 26.2 Å². The molecule has 0 saturated carbocycles. The third-order valence-corrected chi connectivity index (χ3v) is 2.03. The zero-order valence-corrected chi connectivity index (χ0v) is 7.75. The second-order valence-corrected chi connectivity index (χ2v) is 2.91. The van der Waals surface area contributed by atoms with Gasteiger partial charge in [-0.1, -0.05) is 13.3 Å². The Morgan fingerprint density at radius 1 is 1.64 bits per heavy atom. The first-order valence-electron chi connectivity index (χ1n) is 4.08. The molecule has 0 aromatic carbocycles. The van der Waals surface area contributed by atoms with E-state index in [1.165, 1.54) is 0 Å². The lowest BCUT2D eigenvalue weighted by atomic mass is 9.94. The van der Waals surface area contributed by atoms with E-state index in [2.05, 4.69) is 12.2 Å². The van der Waals surface area contributed by atoms with E-state index in [1.807, 2.05) is 0 Å². The van der Waals surface area contributed by atoms with Crippen LogP contribution in [0.3, 0.4) is 0 Å². The molecule has 0 amide bonds. The van der Waals surface area contributed by atoms with Crippen molar-refractivity contribution in [2.75, 3.05) is 13.1 Å². The van der Waals surface area contributed by atoms with E-state index in [4.69, 9.17) is 0 Å². The van der Waals surface area contributed by atoms with E-state index < -0.39 is 0 Å². The molecular formula is C8H16ClNO. The molecule has 0 aliphatic carbocycles. The minimum absolute atomic E-state index is 0. The van der Waals surface area contributed by atoms with Crippen molar-refractivity contribution in [1.29, 1.82) is 0 Å². The molecule has 1 saturated heterocycles. The topological polar surface area (TPSA) is 29.1 Å². The molecule has 0 aromatic heterocycles. The Hall–Kier alpha value is -0.0800. The SMILES string of the molecule is CCCC1CNCCC1=O.Cl. The predicted octanol–water partition coefficient (Wildman–Crippen LogP) is 1.39. The number of hydrogen-bond acceptors (Lipinski definition) is 2. The van der Waals surface area contributed by atoms with Crippen LogP contribution in [0.4, 0.5) is 0 Å². The van der Waals surface area contributed by atoms with Crippen LogP contribution >= 0.6 is 12.4 Å². The Bertz CT molecular complexity index is 125. The Labute approximate surface area is 74.2 Å². The van der Waals surface area contributed by atoms with Gasteiger partial charge in [-0.05, 0) is 6.42 Å². The summed E-state index contributed by atoms with van der Waals surface area (Å²) >= 11 is 0. The van der Waals surface area contributed by atoms with Gasteiger partial charge in [-0.2, -0.15) is 0 Å². The molecule has 1 heterocycles. The summed E-state index contributed by atoms with van der Waals surface area (Å²) in [4.78, 5) is 11.1. The van der Waals surface area contributed by atoms with Gasteiger partial charge >= 0.3 is 0 Å². The molecule has 1 rings (SSSR count). The largest absolute Gasteiger partial charge is 0.316 e. The fourth-order valence-electron chi connectivity index (χ4n) is 1.42. The maximum Gasteiger partial charge on any atom is 0.138 e. The second kappa shape index (κ2) is 5.56. The average Bonchev–Trinajstić information content (AvgIpc) is 1.94. The first kappa shape index (κ1) is 10.9. The Kier molecular flexibility index (Phi) is 5.51. The molecule has 0 spiro atoms. The van der Waals surface area contributed by atoms with E-state index in [-0.39, 0.29) is 12.4 Å². The van der Waals surface area contributed by atoms with E-state index in [9.17, 15) is 4.79 Å². The highest BCUT2D eigenvalue weighted by Crippen LogP contribution is 2.11. The molecule has 1 N–H and O–H groups in total. The van der Waals surface area contributed by atoms with E-state index in [1.54, 1.807) is 0 Å². The fraction of sp³-hybridized carbons (Fsp3) is 0.875. The molecule has 2 nitrogen and oxygen atoms in total. The van der Waals surface area contributed by atoms with Crippen molar-refractivity contribution in [2.45, 2.75) is 26.2 Å². The number of nitrogens with one attached hydrogen (secondary N) is 1. The highest BCUT2D eigenvalue weighted by atomic mass is 35.5. The van der Waals surface area contributed by atoms with Gasteiger partial charge in [-0.15, -0.1) is 12.4 Å². The summed E-state index contributed by atoms with van der Waals surface area (Å²) in [6.07, 6.45) is 2.93. The summed E-state index contributed by atoms with van der Waals surface area (Å²) in [5.41, 5.74) is 0. The normalized spacial score (nSPS) is 24.5. The van der Waals surface area contributed by atoms with Crippen LogP contribution in [0.15, 0.2) is 0 Å². The summed E-state index contributed by atoms with van der Waals surface area (Å²) in [5, 5.41) is 3.23. The first-order valence-corrected chi connectivity index (χ1v) is 4.08. The zero-order chi connectivity index (χ0) is 7.40. The minimum atomic E-state index is 0. The van der Waals surface area contributed by atoms with Crippen LogP contribution in [0.2, 0.25) is 0 Å². The number of Topliss-reactive ketones (excluding diaryl/α,β-unsaturated/α-hetero) is 1. The summed E-state index contributed by atoms with van der Waals surface area (Å²) in [6.45, 7) is 3.92. The average molecular weight is 178 g/mol. The highest BCUT2D eigenvalue weighted by molar-refractivity contribution is 5.85. The Morgan fingerprint density at radius 2 is 2.36 bits per heavy atom. The molecule has 1 aliphatic rings. The second-order valence-electron chi connectivity index (χ2n) is 2.91. The standard InChI is InChI=1S/C8H15NO.ClH/c1-2-3-7-6-9-5-4-8(7)10;/h7,9H,2-6H2,1H3;1H. The molecule has 1 fully saturated rings. The van der Waals surface area contributed by atoms with E-state index >= 15 is 0 Å². The predicted molar refractivity (Wildman–Crippen MR) is 48.1 cm³/mol. The number of hydrogen-bond donors (Lipinski definition) is 1. The van der Waals surface area contributed by atoms with Crippen LogP contribution in [-0.2, 0) is 4.79 Å². The van der Waals surface area contributed by atoms with Crippen LogP contribution in [0, 0.1) is 5.92 Å². The van der Waals surface area contributed by atoms with Gasteiger partial charge in [-0.3, -0.25) is 4.79 Å². The van der Waals surface area contributed by atoms with Gasteiger partial charge in [0.15, 0.2) is 0 Å². The third-order valence-electron chi connectivity index (χ3n) is 2.03. The van der Waals surface area contributed by atoms with Gasteiger partial charge in [0.2, 0.25) is 0 Å². The Morgan fingerprint density at radius 3 is 2.91 bits per heavy atom. The molecule has 1 atom stereocenters. The molecule has 66 valence electrons. The monoisotopic (exact) mass is 177 g/mol. The maximum atomic E-state index is 11.1. The van der Waals surface area contributed by atoms with Gasteiger partial charge in [0, 0.05) is 25.4 Å². The number of rotatable bonds is 2. The summed E-state index contributed by atoms with van der Waals surface area (Å²) < 4.78 is 0. The molecule has 11 heavy (non-hydrogen) atoms. The van der Waals surface area contributed by atoms with Crippen molar-refractivity contribution < 1.29 is 4.79 Å². The summed E-state index contributed by atoms with van der Waals surface area (Å²) in [7, 11) is 0. The highest BCUT2D eigenvalue weighted by Gasteiger charge is 2.19. The third kappa shape index (κ3) is 3.21. The first-order chi connectivity index (χ1) is 4.84. The van der Waals surface area contributed by atoms with Crippen molar-refractivity contribution in [1.82, 2.24) is 5.32 Å². The van der Waals surface area contributed by atoms with Crippen molar-refractivity contribution in [3.8, 4) is 0 Å². The van der Waals surface area contributed by atoms with Crippen molar-refractivity contribution in [2.24, 2.45) is 5.92 Å².